The maximum absolute atomic E-state index is 15.0. The first kappa shape index (κ1) is 31.3. The predicted octanol–water partition coefficient (Wildman–Crippen LogP) is 8.09. The smallest absolute Gasteiger partial charge is 0.321 e. The van der Waals surface area contributed by atoms with Gasteiger partial charge in [-0.2, -0.15) is 39.5 Å². The van der Waals surface area contributed by atoms with Gasteiger partial charge < -0.3 is 10.6 Å². The minimum Gasteiger partial charge on any atom is -0.321 e. The number of rotatable bonds is 5. The van der Waals surface area contributed by atoms with Crippen LogP contribution in [0.3, 0.4) is 0 Å². The minimum atomic E-state index is -6.72. The molecule has 0 fully saturated rings. The van der Waals surface area contributed by atoms with Crippen molar-refractivity contribution in [3.8, 4) is 0 Å². The first-order chi connectivity index (χ1) is 18.7. The van der Waals surface area contributed by atoms with Crippen LogP contribution in [0.2, 0.25) is 0 Å². The zero-order valence-corrected chi connectivity index (χ0v) is 20.0. The zero-order valence-electron chi connectivity index (χ0n) is 20.0. The lowest BCUT2D eigenvalue weighted by molar-refractivity contribution is -0.348. The van der Waals surface area contributed by atoms with E-state index in [1.807, 2.05) is 0 Å². The molecule has 3 aromatic carbocycles. The van der Waals surface area contributed by atoms with Crippen molar-refractivity contribution in [2.24, 2.45) is 0 Å². The molecule has 4 nitrogen and oxygen atoms in total. The molecule has 0 radical (unpaired) electrons. The van der Waals surface area contributed by atoms with Gasteiger partial charge in [-0.25, -0.2) is 13.2 Å². The van der Waals surface area contributed by atoms with Gasteiger partial charge in [0.2, 0.25) is 0 Å². The van der Waals surface area contributed by atoms with Gasteiger partial charge in [-0.15, -0.1) is 0 Å². The number of hydrogen-bond acceptors (Lipinski definition) is 2. The Hall–Kier alpha value is -4.24. The molecule has 0 saturated heterocycles. The second kappa shape index (κ2) is 10.6. The lowest BCUT2D eigenvalue weighted by Crippen LogP contribution is -2.50. The summed E-state index contributed by atoms with van der Waals surface area (Å²) in [5.74, 6) is -4.81. The Morgan fingerprint density at radius 2 is 1.27 bits per heavy atom. The van der Waals surface area contributed by atoms with Crippen molar-refractivity contribution in [2.75, 3.05) is 10.6 Å². The fraction of sp³-hybridized carbons (Fsp3) is 0.200. The Bertz CT molecular complexity index is 1460. The summed E-state index contributed by atoms with van der Waals surface area (Å²) >= 11 is 0. The summed E-state index contributed by atoms with van der Waals surface area (Å²) < 4.78 is 163. The number of nitrogens with one attached hydrogen (secondary N) is 2. The van der Waals surface area contributed by atoms with Gasteiger partial charge in [0, 0.05) is 11.1 Å². The quantitative estimate of drug-likeness (QED) is 0.290. The lowest BCUT2D eigenvalue weighted by Gasteiger charge is -2.31. The first-order valence-electron chi connectivity index (χ1n) is 10.9. The normalized spacial score (nSPS) is 12.7. The van der Waals surface area contributed by atoms with Gasteiger partial charge in [0.05, 0.1) is 22.5 Å². The fourth-order valence-corrected chi connectivity index (χ4v) is 3.64. The van der Waals surface area contributed by atoms with Crippen LogP contribution in [0.4, 0.5) is 64.1 Å². The summed E-state index contributed by atoms with van der Waals surface area (Å²) in [5.41, 5.74) is -15.2. The average Bonchev–Trinajstić information content (AvgIpc) is 2.84. The van der Waals surface area contributed by atoms with E-state index < -0.39 is 87.3 Å². The molecule has 3 aromatic rings. The molecule has 0 aliphatic carbocycles. The maximum Gasteiger partial charge on any atom is 0.435 e. The lowest BCUT2D eigenvalue weighted by atomic mass is 9.90. The van der Waals surface area contributed by atoms with Crippen LogP contribution in [0.25, 0.3) is 0 Å². The molecule has 0 aliphatic rings. The van der Waals surface area contributed by atoms with E-state index in [4.69, 9.17) is 0 Å². The van der Waals surface area contributed by atoms with Crippen LogP contribution in [0, 0.1) is 18.6 Å². The SMILES string of the molecule is Cc1cc(C(F)(C(F)(F)F)C(F)(F)F)cc(C(F)(F)F)c1NC(=O)c1cccc(NC(=O)c2ccc(F)cc2)c1F. The number of anilines is 2. The van der Waals surface area contributed by atoms with Crippen LogP contribution in [0.5, 0.6) is 0 Å². The number of aryl methyl sites for hydroxylation is 1. The van der Waals surface area contributed by atoms with E-state index in [1.54, 1.807) is 5.32 Å². The molecule has 0 atom stereocenters. The van der Waals surface area contributed by atoms with Gasteiger partial charge in [-0.3, -0.25) is 9.59 Å². The molecule has 220 valence electrons. The van der Waals surface area contributed by atoms with Crippen LogP contribution in [0.1, 0.15) is 37.4 Å². The van der Waals surface area contributed by atoms with Crippen molar-refractivity contribution in [1.82, 2.24) is 0 Å². The van der Waals surface area contributed by atoms with Crippen molar-refractivity contribution < 1.29 is 62.3 Å². The zero-order chi connectivity index (χ0) is 31.1. The predicted molar refractivity (Wildman–Crippen MR) is 120 cm³/mol. The first-order valence-corrected chi connectivity index (χ1v) is 10.9. The molecular weight excluding hydrogens is 588 g/mol. The van der Waals surface area contributed by atoms with Crippen molar-refractivity contribution in [1.29, 1.82) is 0 Å². The number of carbonyl (C=O) groups excluding carboxylic acids is 2. The topological polar surface area (TPSA) is 58.2 Å². The van der Waals surface area contributed by atoms with E-state index in [2.05, 4.69) is 5.32 Å². The Morgan fingerprint density at radius 1 is 0.707 bits per heavy atom. The van der Waals surface area contributed by atoms with Crippen LogP contribution in [0.15, 0.2) is 54.6 Å². The summed E-state index contributed by atoms with van der Waals surface area (Å²) in [6.07, 6.45) is -19.1. The number of benzene rings is 3. The van der Waals surface area contributed by atoms with E-state index in [1.165, 1.54) is 0 Å². The summed E-state index contributed by atoms with van der Waals surface area (Å²) in [5, 5.41) is 3.63. The number of carbonyl (C=O) groups is 2. The van der Waals surface area contributed by atoms with E-state index in [9.17, 15) is 57.9 Å². The average molecular weight is 602 g/mol. The van der Waals surface area contributed by atoms with Crippen LogP contribution >= 0.6 is 0 Å². The minimum absolute atomic E-state index is 0.146. The van der Waals surface area contributed by atoms with Crippen molar-refractivity contribution >= 4 is 23.2 Å². The largest absolute Gasteiger partial charge is 0.435 e. The molecule has 16 heteroatoms. The summed E-state index contributed by atoms with van der Waals surface area (Å²) in [6.45, 7) is 0.567. The summed E-state index contributed by atoms with van der Waals surface area (Å²) in [6, 6.07) is 5.65. The molecule has 0 unspecified atom stereocenters. The molecule has 0 bridgehead atoms. The molecule has 2 N–H and O–H groups in total. The van der Waals surface area contributed by atoms with Gasteiger partial charge >= 0.3 is 24.2 Å². The van der Waals surface area contributed by atoms with Crippen molar-refractivity contribution in [3.05, 3.63) is 94.0 Å². The maximum atomic E-state index is 15.0. The molecule has 3 rings (SSSR count). The molecular formula is C25H14F12N2O2. The molecule has 41 heavy (non-hydrogen) atoms. The second-order valence-corrected chi connectivity index (χ2v) is 8.45. The van der Waals surface area contributed by atoms with E-state index in [0.29, 0.717) is 6.92 Å². The summed E-state index contributed by atoms with van der Waals surface area (Å²) in [4.78, 5) is 25.0. The standard InChI is InChI=1S/C25H14F12N2O2/c1-11-9-13(22(28,24(32,33)34)25(35,36)37)10-16(23(29,30)31)19(11)39-21(41)15-3-2-4-17(18(15)27)38-20(40)12-5-7-14(26)8-6-12/h2-10H,1H3,(H,38,40)(H,39,41). The highest BCUT2D eigenvalue weighted by molar-refractivity contribution is 6.08. The van der Waals surface area contributed by atoms with Crippen molar-refractivity contribution in [2.45, 2.75) is 31.1 Å². The number of hydrogen-bond donors (Lipinski definition) is 2. The highest BCUT2D eigenvalue weighted by atomic mass is 19.4. The van der Waals surface area contributed by atoms with Gasteiger partial charge in [-0.1, -0.05) is 12.1 Å². The van der Waals surface area contributed by atoms with Gasteiger partial charge in [0.1, 0.15) is 5.82 Å². The summed E-state index contributed by atoms with van der Waals surface area (Å²) in [7, 11) is 0. The third-order valence-corrected chi connectivity index (χ3v) is 5.66. The third-order valence-electron chi connectivity index (χ3n) is 5.66. The molecule has 0 aromatic heterocycles. The van der Waals surface area contributed by atoms with Crippen molar-refractivity contribution in [3.63, 3.8) is 0 Å². The Balaban J connectivity index is 2.04. The van der Waals surface area contributed by atoms with Gasteiger partial charge in [0.15, 0.2) is 5.82 Å². The van der Waals surface area contributed by atoms with E-state index in [0.717, 1.165) is 42.5 Å². The molecule has 0 spiro atoms. The Kier molecular flexibility index (Phi) is 8.11. The van der Waals surface area contributed by atoms with Crippen LogP contribution in [-0.2, 0) is 11.8 Å². The third kappa shape index (κ3) is 6.10. The van der Waals surface area contributed by atoms with E-state index >= 15 is 4.39 Å². The highest BCUT2D eigenvalue weighted by Gasteiger charge is 2.73. The fourth-order valence-electron chi connectivity index (χ4n) is 3.64. The molecule has 0 saturated carbocycles. The number of halogens is 12. The highest BCUT2D eigenvalue weighted by Crippen LogP contribution is 2.54. The monoisotopic (exact) mass is 602 g/mol. The molecule has 0 aliphatic heterocycles. The molecule has 2 amide bonds. The Labute approximate surface area is 222 Å². The van der Waals surface area contributed by atoms with Gasteiger partial charge in [-0.05, 0) is 55.0 Å². The van der Waals surface area contributed by atoms with Crippen LogP contribution in [-0.4, -0.2) is 24.2 Å². The molecule has 0 heterocycles. The van der Waals surface area contributed by atoms with Crippen LogP contribution < -0.4 is 10.6 Å². The number of alkyl halides is 10. The second-order valence-electron chi connectivity index (χ2n) is 8.45. The van der Waals surface area contributed by atoms with E-state index in [-0.39, 0.29) is 11.6 Å². The van der Waals surface area contributed by atoms with Gasteiger partial charge in [0.25, 0.3) is 11.8 Å². The number of amides is 2. The Morgan fingerprint density at radius 3 is 1.78 bits per heavy atom.